The lowest BCUT2D eigenvalue weighted by Gasteiger charge is -2.30. The Balaban J connectivity index is 4.15. The number of hydrogen-bond acceptors (Lipinski definition) is 4. The molecular weight excluding hydrogens is 266 g/mol. The molecule has 0 fully saturated rings. The first kappa shape index (κ1) is 20.3. The van der Waals surface area contributed by atoms with E-state index in [1.165, 1.54) is 0 Å². The van der Waals surface area contributed by atoms with Gasteiger partial charge in [-0.25, -0.2) is 0 Å². The van der Waals surface area contributed by atoms with E-state index in [0.717, 1.165) is 45.4 Å². The molecule has 0 spiro atoms. The molecule has 0 aliphatic rings. The van der Waals surface area contributed by atoms with Crippen LogP contribution in [-0.2, 0) is 4.79 Å². The number of carboxylic acid groups (broad SMARTS) is 1. The summed E-state index contributed by atoms with van der Waals surface area (Å²) in [5, 5.41) is 12.8. The first-order valence-corrected chi connectivity index (χ1v) is 8.19. The van der Waals surface area contributed by atoms with E-state index in [9.17, 15) is 9.90 Å². The van der Waals surface area contributed by atoms with Crippen LogP contribution in [0.1, 0.15) is 46.0 Å². The van der Waals surface area contributed by atoms with Crippen molar-refractivity contribution in [3.63, 3.8) is 0 Å². The highest BCUT2D eigenvalue weighted by Gasteiger charge is 2.35. The molecule has 0 aliphatic carbocycles. The van der Waals surface area contributed by atoms with Gasteiger partial charge in [0, 0.05) is 0 Å². The average molecular weight is 301 g/mol. The molecule has 5 heteroatoms. The molecule has 0 saturated carbocycles. The third kappa shape index (κ3) is 8.39. The molecule has 21 heavy (non-hydrogen) atoms. The summed E-state index contributed by atoms with van der Waals surface area (Å²) in [6, 6.07) is 0. The Morgan fingerprint density at radius 2 is 1.71 bits per heavy atom. The summed E-state index contributed by atoms with van der Waals surface area (Å²) >= 11 is 0. The Kier molecular flexibility index (Phi) is 10.6. The van der Waals surface area contributed by atoms with Crippen LogP contribution in [0.3, 0.4) is 0 Å². The number of nitrogens with zero attached hydrogens (tertiary/aromatic N) is 2. The van der Waals surface area contributed by atoms with Gasteiger partial charge in [-0.3, -0.25) is 4.79 Å². The molecule has 0 aromatic heterocycles. The zero-order valence-corrected chi connectivity index (χ0v) is 14.6. The van der Waals surface area contributed by atoms with Crippen molar-refractivity contribution in [2.45, 2.75) is 51.5 Å². The molecule has 0 aromatic carbocycles. The number of hydrogen-bond donors (Lipinski definition) is 2. The quantitative estimate of drug-likeness (QED) is 0.544. The van der Waals surface area contributed by atoms with Gasteiger partial charge in [-0.2, -0.15) is 0 Å². The maximum atomic E-state index is 11.6. The second kappa shape index (κ2) is 11.0. The summed E-state index contributed by atoms with van der Waals surface area (Å²) in [4.78, 5) is 16.1. The fourth-order valence-electron chi connectivity index (χ4n) is 2.51. The lowest BCUT2D eigenvalue weighted by Crippen LogP contribution is -2.52. The van der Waals surface area contributed by atoms with Gasteiger partial charge in [-0.05, 0) is 79.4 Å². The predicted molar refractivity (Wildman–Crippen MR) is 88.9 cm³/mol. The van der Waals surface area contributed by atoms with Crippen molar-refractivity contribution >= 4 is 5.97 Å². The molecular formula is C16H35N3O2. The van der Waals surface area contributed by atoms with E-state index in [4.69, 9.17) is 0 Å². The lowest BCUT2D eigenvalue weighted by atomic mass is 9.90. The Labute approximate surface area is 130 Å². The molecule has 0 aromatic rings. The van der Waals surface area contributed by atoms with Crippen LogP contribution in [0.15, 0.2) is 0 Å². The molecule has 0 aliphatic heterocycles. The molecule has 5 nitrogen and oxygen atoms in total. The van der Waals surface area contributed by atoms with Crippen molar-refractivity contribution in [1.29, 1.82) is 0 Å². The average Bonchev–Trinajstić information content (AvgIpc) is 2.42. The van der Waals surface area contributed by atoms with Gasteiger partial charge in [0.05, 0.1) is 0 Å². The largest absolute Gasteiger partial charge is 0.480 e. The standard InChI is InChI=1S/C16H35N3O2/c1-6-11-17-16(7-2,15(20)21)10-8-13-19(5)14-9-12-18(3)4/h17H,6-14H2,1-5H3,(H,20,21). The topological polar surface area (TPSA) is 55.8 Å². The van der Waals surface area contributed by atoms with E-state index in [2.05, 4.69) is 43.2 Å². The molecule has 0 saturated heterocycles. The van der Waals surface area contributed by atoms with Crippen LogP contribution >= 0.6 is 0 Å². The van der Waals surface area contributed by atoms with E-state index >= 15 is 0 Å². The van der Waals surface area contributed by atoms with Gasteiger partial charge < -0.3 is 20.2 Å². The first-order chi connectivity index (χ1) is 9.88. The molecule has 0 bridgehead atoms. The van der Waals surface area contributed by atoms with E-state index in [0.29, 0.717) is 12.8 Å². The maximum Gasteiger partial charge on any atom is 0.323 e. The van der Waals surface area contributed by atoms with E-state index in [1.54, 1.807) is 0 Å². The van der Waals surface area contributed by atoms with Crippen LogP contribution in [0.4, 0.5) is 0 Å². The van der Waals surface area contributed by atoms with E-state index < -0.39 is 11.5 Å². The first-order valence-electron chi connectivity index (χ1n) is 8.19. The summed E-state index contributed by atoms with van der Waals surface area (Å²) in [5.41, 5.74) is -0.750. The van der Waals surface area contributed by atoms with Gasteiger partial charge in [0.2, 0.25) is 0 Å². The summed E-state index contributed by atoms with van der Waals surface area (Å²) < 4.78 is 0. The van der Waals surface area contributed by atoms with Gasteiger partial charge in [0.25, 0.3) is 0 Å². The van der Waals surface area contributed by atoms with Gasteiger partial charge >= 0.3 is 5.97 Å². The second-order valence-corrected chi connectivity index (χ2v) is 6.23. The molecule has 1 atom stereocenters. The third-order valence-corrected chi connectivity index (χ3v) is 4.01. The molecule has 0 heterocycles. The summed E-state index contributed by atoms with van der Waals surface area (Å²) in [6.45, 7) is 7.89. The number of aliphatic carboxylic acids is 1. The van der Waals surface area contributed by atoms with Crippen LogP contribution < -0.4 is 5.32 Å². The lowest BCUT2D eigenvalue weighted by molar-refractivity contribution is -0.145. The maximum absolute atomic E-state index is 11.6. The monoisotopic (exact) mass is 301 g/mol. The SMILES string of the molecule is CCCNC(CC)(CCCN(C)CCCN(C)C)C(=O)O. The molecule has 2 N–H and O–H groups in total. The smallest absolute Gasteiger partial charge is 0.323 e. The normalized spacial score (nSPS) is 14.6. The molecule has 126 valence electrons. The van der Waals surface area contributed by atoms with Crippen LogP contribution in [0.2, 0.25) is 0 Å². The summed E-state index contributed by atoms with van der Waals surface area (Å²) in [5.74, 6) is -0.714. The van der Waals surface area contributed by atoms with Gasteiger partial charge in [-0.15, -0.1) is 0 Å². The van der Waals surface area contributed by atoms with Gasteiger partial charge in [0.15, 0.2) is 0 Å². The van der Waals surface area contributed by atoms with Gasteiger partial charge in [0.1, 0.15) is 5.54 Å². The van der Waals surface area contributed by atoms with E-state index in [-0.39, 0.29) is 0 Å². The number of carbonyl (C=O) groups is 1. The minimum Gasteiger partial charge on any atom is -0.480 e. The van der Waals surface area contributed by atoms with Crippen molar-refractivity contribution in [3.8, 4) is 0 Å². The molecule has 0 rings (SSSR count). The van der Waals surface area contributed by atoms with Crippen molar-refractivity contribution < 1.29 is 9.90 Å². The Morgan fingerprint density at radius 1 is 1.10 bits per heavy atom. The Bertz CT molecular complexity index is 285. The highest BCUT2D eigenvalue weighted by molar-refractivity contribution is 5.78. The number of nitrogens with one attached hydrogen (secondary N) is 1. The zero-order valence-electron chi connectivity index (χ0n) is 14.6. The highest BCUT2D eigenvalue weighted by Crippen LogP contribution is 2.18. The highest BCUT2D eigenvalue weighted by atomic mass is 16.4. The summed E-state index contributed by atoms with van der Waals surface area (Å²) in [7, 11) is 6.28. The van der Waals surface area contributed by atoms with E-state index in [1.807, 2.05) is 6.92 Å². The van der Waals surface area contributed by atoms with Crippen LogP contribution in [-0.4, -0.2) is 73.7 Å². The van der Waals surface area contributed by atoms with Crippen molar-refractivity contribution in [3.05, 3.63) is 0 Å². The number of rotatable bonds is 13. The second-order valence-electron chi connectivity index (χ2n) is 6.23. The van der Waals surface area contributed by atoms with Crippen molar-refractivity contribution in [1.82, 2.24) is 15.1 Å². The van der Waals surface area contributed by atoms with Crippen LogP contribution in [0.25, 0.3) is 0 Å². The Morgan fingerprint density at radius 3 is 2.19 bits per heavy atom. The zero-order chi connectivity index (χ0) is 16.3. The Hall–Kier alpha value is -0.650. The van der Waals surface area contributed by atoms with Crippen molar-refractivity contribution in [2.75, 3.05) is 47.3 Å². The van der Waals surface area contributed by atoms with Crippen LogP contribution in [0, 0.1) is 0 Å². The van der Waals surface area contributed by atoms with Crippen molar-refractivity contribution in [2.24, 2.45) is 0 Å². The minimum absolute atomic E-state index is 0.632. The third-order valence-electron chi connectivity index (χ3n) is 4.01. The van der Waals surface area contributed by atoms with Gasteiger partial charge in [-0.1, -0.05) is 13.8 Å². The summed E-state index contributed by atoms with van der Waals surface area (Å²) in [6.07, 6.45) is 4.34. The molecule has 1 unspecified atom stereocenters. The fraction of sp³-hybridized carbons (Fsp3) is 0.938. The minimum atomic E-state index is -0.750. The molecule has 0 radical (unpaired) electrons. The molecule has 0 amide bonds. The number of carboxylic acids is 1. The van der Waals surface area contributed by atoms with Crippen LogP contribution in [0.5, 0.6) is 0 Å². The fourth-order valence-corrected chi connectivity index (χ4v) is 2.51. The predicted octanol–water partition coefficient (Wildman–Crippen LogP) is 1.88.